The number of hydrogen-bond acceptors (Lipinski definition) is 8. The summed E-state index contributed by atoms with van der Waals surface area (Å²) in [4.78, 5) is 11.7. The zero-order chi connectivity index (χ0) is 17.8. The number of aromatic nitrogens is 2. The predicted octanol–water partition coefficient (Wildman–Crippen LogP) is 2.25. The van der Waals surface area contributed by atoms with Gasteiger partial charge in [0.05, 0.1) is 13.2 Å². The molecule has 0 unspecified atom stereocenters. The number of ether oxygens (including phenoxy) is 1. The Hall–Kier alpha value is -2.42. The molecule has 2 aromatic heterocycles. The first kappa shape index (κ1) is 17.4. The van der Waals surface area contributed by atoms with Gasteiger partial charge < -0.3 is 24.3 Å². The van der Waals surface area contributed by atoms with Crippen LogP contribution in [0.2, 0.25) is 0 Å². The highest BCUT2D eigenvalue weighted by Gasteiger charge is 2.10. The topological polar surface area (TPSA) is 91.9 Å². The van der Waals surface area contributed by atoms with Gasteiger partial charge in [0.1, 0.15) is 17.4 Å². The molecule has 0 amide bonds. The van der Waals surface area contributed by atoms with E-state index in [2.05, 4.69) is 9.97 Å². The Kier molecular flexibility index (Phi) is 5.32. The molecular weight excluding hydrogens is 342 g/mol. The van der Waals surface area contributed by atoms with E-state index in [9.17, 15) is 0 Å². The monoisotopic (exact) mass is 361 g/mol. The number of hydrogen-bond donors (Lipinski definition) is 2. The summed E-state index contributed by atoms with van der Waals surface area (Å²) in [5.74, 6) is 0.984. The van der Waals surface area contributed by atoms with E-state index in [-0.39, 0.29) is 13.2 Å². The van der Waals surface area contributed by atoms with Crippen LogP contribution in [0.5, 0.6) is 5.75 Å². The Morgan fingerprint density at radius 1 is 1.28 bits per heavy atom. The van der Waals surface area contributed by atoms with Crippen LogP contribution >= 0.6 is 11.3 Å². The Morgan fingerprint density at radius 3 is 2.76 bits per heavy atom. The molecule has 3 rings (SSSR count). The van der Waals surface area contributed by atoms with Crippen molar-refractivity contribution in [3.05, 3.63) is 35.2 Å². The lowest BCUT2D eigenvalue weighted by Gasteiger charge is -2.13. The van der Waals surface area contributed by atoms with Crippen molar-refractivity contribution in [1.82, 2.24) is 9.97 Å². The van der Waals surface area contributed by atoms with Crippen LogP contribution in [0.1, 0.15) is 10.8 Å². The summed E-state index contributed by atoms with van der Waals surface area (Å²) in [6, 6.07) is 5.19. The van der Waals surface area contributed by atoms with Gasteiger partial charge in [-0.05, 0) is 18.2 Å². The van der Waals surface area contributed by atoms with Gasteiger partial charge in [0.15, 0.2) is 10.7 Å². The number of fused-ring (bicyclic) bond motifs is 1. The maximum atomic E-state index is 9.08. The molecule has 0 spiro atoms. The SMILES string of the molecule is CN(C)c1ncc(/C=C/c2nc3ccc(OC(CO)CO)cc3o2)s1. The van der Waals surface area contributed by atoms with Crippen LogP contribution < -0.4 is 9.64 Å². The van der Waals surface area contributed by atoms with Crippen molar-refractivity contribution in [1.29, 1.82) is 0 Å². The zero-order valence-electron chi connectivity index (χ0n) is 13.9. The molecule has 0 radical (unpaired) electrons. The summed E-state index contributed by atoms with van der Waals surface area (Å²) in [6.45, 7) is -0.522. The minimum absolute atomic E-state index is 0.261. The average molecular weight is 361 g/mol. The van der Waals surface area contributed by atoms with Crippen LogP contribution in [-0.2, 0) is 0 Å². The van der Waals surface area contributed by atoms with E-state index in [0.29, 0.717) is 22.7 Å². The van der Waals surface area contributed by atoms with E-state index < -0.39 is 6.10 Å². The van der Waals surface area contributed by atoms with Crippen molar-refractivity contribution in [2.24, 2.45) is 0 Å². The molecule has 0 atom stereocenters. The minimum Gasteiger partial charge on any atom is -0.485 e. The number of nitrogens with zero attached hydrogens (tertiary/aromatic N) is 3. The summed E-state index contributed by atoms with van der Waals surface area (Å²) in [5.41, 5.74) is 1.28. The molecule has 1 aromatic carbocycles. The number of oxazole rings is 1. The third-order valence-electron chi connectivity index (χ3n) is 3.37. The van der Waals surface area contributed by atoms with Crippen LogP contribution in [0.25, 0.3) is 23.3 Å². The number of anilines is 1. The molecule has 7 nitrogen and oxygen atoms in total. The predicted molar refractivity (Wildman–Crippen MR) is 98.0 cm³/mol. The van der Waals surface area contributed by atoms with Crippen molar-refractivity contribution in [2.75, 3.05) is 32.2 Å². The van der Waals surface area contributed by atoms with Crippen molar-refractivity contribution in [2.45, 2.75) is 6.10 Å². The molecule has 0 aliphatic carbocycles. The van der Waals surface area contributed by atoms with Gasteiger partial charge >= 0.3 is 0 Å². The molecule has 2 heterocycles. The van der Waals surface area contributed by atoms with Crippen LogP contribution in [0.15, 0.2) is 28.8 Å². The molecule has 0 saturated carbocycles. The summed E-state index contributed by atoms with van der Waals surface area (Å²) >= 11 is 1.57. The Morgan fingerprint density at radius 2 is 2.08 bits per heavy atom. The minimum atomic E-state index is -0.656. The van der Waals surface area contributed by atoms with Gasteiger partial charge in [-0.3, -0.25) is 0 Å². The molecule has 2 N–H and O–H groups in total. The maximum absolute atomic E-state index is 9.08. The van der Waals surface area contributed by atoms with Crippen molar-refractivity contribution >= 4 is 39.7 Å². The highest BCUT2D eigenvalue weighted by Crippen LogP contribution is 2.25. The third kappa shape index (κ3) is 4.16. The van der Waals surface area contributed by atoms with E-state index >= 15 is 0 Å². The van der Waals surface area contributed by atoms with Gasteiger partial charge in [0, 0.05) is 37.3 Å². The van der Waals surface area contributed by atoms with Crippen LogP contribution in [0, 0.1) is 0 Å². The molecule has 25 heavy (non-hydrogen) atoms. The van der Waals surface area contributed by atoms with Crippen LogP contribution in [-0.4, -0.2) is 53.6 Å². The molecule has 132 valence electrons. The second-order valence-corrected chi connectivity index (χ2v) is 6.60. The van der Waals surface area contributed by atoms with Gasteiger partial charge in [-0.15, -0.1) is 0 Å². The maximum Gasteiger partial charge on any atom is 0.220 e. The molecule has 0 aliphatic heterocycles. The first-order valence-electron chi connectivity index (χ1n) is 7.69. The second kappa shape index (κ2) is 7.64. The summed E-state index contributed by atoms with van der Waals surface area (Å²) < 4.78 is 11.2. The Balaban J connectivity index is 1.77. The van der Waals surface area contributed by atoms with Crippen LogP contribution in [0.4, 0.5) is 5.13 Å². The van der Waals surface area contributed by atoms with E-state index in [4.69, 9.17) is 19.4 Å². The van der Waals surface area contributed by atoms with Gasteiger partial charge in [-0.2, -0.15) is 0 Å². The molecular formula is C17H19N3O4S. The molecule has 0 fully saturated rings. The van der Waals surface area contributed by atoms with E-state index in [1.807, 2.05) is 25.1 Å². The van der Waals surface area contributed by atoms with Gasteiger partial charge in [0.2, 0.25) is 5.89 Å². The smallest absolute Gasteiger partial charge is 0.220 e. The van der Waals surface area contributed by atoms with Crippen molar-refractivity contribution in [3.63, 3.8) is 0 Å². The normalized spacial score (nSPS) is 11.7. The Labute approximate surface area is 148 Å². The number of benzene rings is 1. The van der Waals surface area contributed by atoms with Crippen LogP contribution in [0.3, 0.4) is 0 Å². The van der Waals surface area contributed by atoms with Crippen molar-refractivity contribution < 1.29 is 19.4 Å². The first-order valence-corrected chi connectivity index (χ1v) is 8.51. The second-order valence-electron chi connectivity index (χ2n) is 5.56. The number of aliphatic hydroxyl groups excluding tert-OH is 2. The molecule has 0 bridgehead atoms. The fourth-order valence-electron chi connectivity index (χ4n) is 2.11. The number of rotatable bonds is 7. The van der Waals surface area contributed by atoms with Crippen molar-refractivity contribution in [3.8, 4) is 5.75 Å². The van der Waals surface area contributed by atoms with Gasteiger partial charge in [0.25, 0.3) is 0 Å². The quantitative estimate of drug-likeness (QED) is 0.667. The standard InChI is InChI=1S/C17H19N3O4S/c1-20(2)17-18-8-13(25-17)4-6-16-19-14-5-3-11(7-15(14)24-16)23-12(9-21)10-22/h3-8,12,21-22H,9-10H2,1-2H3/b6-4+. The van der Waals surface area contributed by atoms with Gasteiger partial charge in [-0.25, -0.2) is 9.97 Å². The highest BCUT2D eigenvalue weighted by molar-refractivity contribution is 7.16. The number of thiazole rings is 1. The molecule has 8 heteroatoms. The van der Waals surface area contributed by atoms with Gasteiger partial charge in [-0.1, -0.05) is 11.3 Å². The number of aliphatic hydroxyl groups is 2. The molecule has 0 saturated heterocycles. The largest absolute Gasteiger partial charge is 0.485 e. The zero-order valence-corrected chi connectivity index (χ0v) is 14.7. The fourth-order valence-corrected chi connectivity index (χ4v) is 2.85. The lowest BCUT2D eigenvalue weighted by Crippen LogP contribution is -2.25. The lowest BCUT2D eigenvalue weighted by atomic mass is 10.3. The summed E-state index contributed by atoms with van der Waals surface area (Å²) in [6.07, 6.45) is 4.84. The van der Waals surface area contributed by atoms with E-state index in [1.165, 1.54) is 0 Å². The average Bonchev–Trinajstić information content (AvgIpc) is 3.23. The van der Waals surface area contributed by atoms with E-state index in [1.54, 1.807) is 41.8 Å². The lowest BCUT2D eigenvalue weighted by molar-refractivity contribution is 0.0630. The first-order chi connectivity index (χ1) is 12.1. The Bertz CT molecular complexity index is 868. The molecule has 3 aromatic rings. The summed E-state index contributed by atoms with van der Waals surface area (Å²) in [5, 5.41) is 19.1. The highest BCUT2D eigenvalue weighted by atomic mass is 32.1. The van der Waals surface area contributed by atoms with E-state index in [0.717, 1.165) is 10.0 Å². The third-order valence-corrected chi connectivity index (χ3v) is 4.50. The summed E-state index contributed by atoms with van der Waals surface area (Å²) in [7, 11) is 3.90. The molecule has 0 aliphatic rings. The fraction of sp³-hybridized carbons (Fsp3) is 0.294.